The Hall–Kier alpha value is -1.35. The zero-order chi connectivity index (χ0) is 13.3. The molecule has 1 amide bonds. The normalized spacial score (nSPS) is 19.1. The molecule has 1 aromatic carbocycles. The zero-order valence-corrected chi connectivity index (χ0v) is 11.7. The monoisotopic (exact) mass is 246 g/mol. The van der Waals surface area contributed by atoms with Crippen LogP contribution in [0.5, 0.6) is 0 Å². The number of benzene rings is 1. The Bertz CT molecular complexity index is 445. The molecule has 1 aliphatic heterocycles. The molecule has 1 fully saturated rings. The van der Waals surface area contributed by atoms with Crippen LogP contribution in [0.15, 0.2) is 18.2 Å². The van der Waals surface area contributed by atoms with E-state index >= 15 is 0 Å². The molecule has 2 rings (SSSR count). The molecule has 1 aromatic rings. The lowest BCUT2D eigenvalue weighted by molar-refractivity contribution is -0.140. The van der Waals surface area contributed by atoms with E-state index in [0.717, 1.165) is 19.6 Å². The largest absolute Gasteiger partial charge is 0.335 e. The Morgan fingerprint density at radius 3 is 2.50 bits per heavy atom. The first-order valence-electron chi connectivity index (χ1n) is 6.51. The number of carbonyl (C=O) groups excluding carboxylic acids is 1. The molecule has 1 aliphatic rings. The molecule has 0 spiro atoms. The molecule has 0 radical (unpaired) electrons. The van der Waals surface area contributed by atoms with Crippen LogP contribution in [-0.4, -0.2) is 29.4 Å². The molecule has 0 aromatic heterocycles. The lowest BCUT2D eigenvalue weighted by Crippen LogP contribution is -2.60. The molecular formula is C15H22N2O. The molecule has 1 heterocycles. The van der Waals surface area contributed by atoms with Gasteiger partial charge in [0.2, 0.25) is 5.91 Å². The van der Waals surface area contributed by atoms with Gasteiger partial charge in [0.15, 0.2) is 0 Å². The minimum absolute atomic E-state index is 0.191. The molecular weight excluding hydrogens is 224 g/mol. The van der Waals surface area contributed by atoms with E-state index < -0.39 is 5.54 Å². The zero-order valence-electron chi connectivity index (χ0n) is 11.7. The van der Waals surface area contributed by atoms with Crippen LogP contribution in [-0.2, 0) is 11.3 Å². The summed E-state index contributed by atoms with van der Waals surface area (Å²) < 4.78 is 0. The van der Waals surface area contributed by atoms with Crippen molar-refractivity contribution in [1.82, 2.24) is 10.2 Å². The maximum Gasteiger partial charge on any atom is 0.242 e. The maximum atomic E-state index is 12.3. The second kappa shape index (κ2) is 4.73. The summed E-state index contributed by atoms with van der Waals surface area (Å²) in [6.07, 6.45) is 0. The summed E-state index contributed by atoms with van der Waals surface area (Å²) in [5.41, 5.74) is 3.37. The third-order valence-corrected chi connectivity index (χ3v) is 3.76. The van der Waals surface area contributed by atoms with Crippen LogP contribution >= 0.6 is 0 Å². The van der Waals surface area contributed by atoms with Crippen LogP contribution in [0.2, 0.25) is 0 Å². The van der Waals surface area contributed by atoms with Gasteiger partial charge in [-0.3, -0.25) is 4.79 Å². The van der Waals surface area contributed by atoms with Crippen molar-refractivity contribution in [2.45, 2.75) is 39.8 Å². The van der Waals surface area contributed by atoms with Crippen LogP contribution in [0.4, 0.5) is 0 Å². The summed E-state index contributed by atoms with van der Waals surface area (Å²) in [7, 11) is 0. The van der Waals surface area contributed by atoms with Gasteiger partial charge < -0.3 is 10.2 Å². The summed E-state index contributed by atoms with van der Waals surface area (Å²) in [6, 6.07) is 6.29. The molecule has 0 bridgehead atoms. The van der Waals surface area contributed by atoms with E-state index in [0.29, 0.717) is 0 Å². The lowest BCUT2D eigenvalue weighted by atomic mass is 9.98. The van der Waals surface area contributed by atoms with E-state index in [-0.39, 0.29) is 5.91 Å². The standard InChI is InChI=1S/C15H22N2O/c1-11-6-5-7-12(2)13(11)10-17-9-8-16-15(3,4)14(17)18/h5-7,16H,8-10H2,1-4H3. The van der Waals surface area contributed by atoms with Crippen molar-refractivity contribution >= 4 is 5.91 Å². The SMILES string of the molecule is Cc1cccc(C)c1CN1CCNC(C)(C)C1=O. The van der Waals surface area contributed by atoms with Gasteiger partial charge in [0.25, 0.3) is 0 Å². The van der Waals surface area contributed by atoms with Crippen LogP contribution < -0.4 is 5.32 Å². The molecule has 0 aliphatic carbocycles. The van der Waals surface area contributed by atoms with Crippen molar-refractivity contribution in [3.63, 3.8) is 0 Å². The predicted octanol–water partition coefficient (Wildman–Crippen LogP) is 2.01. The highest BCUT2D eigenvalue weighted by atomic mass is 16.2. The number of nitrogens with one attached hydrogen (secondary N) is 1. The quantitative estimate of drug-likeness (QED) is 0.866. The highest BCUT2D eigenvalue weighted by molar-refractivity contribution is 5.86. The van der Waals surface area contributed by atoms with Crippen molar-refractivity contribution in [2.24, 2.45) is 0 Å². The Morgan fingerprint density at radius 1 is 1.28 bits per heavy atom. The number of aryl methyl sites for hydroxylation is 2. The number of nitrogens with zero attached hydrogens (tertiary/aromatic N) is 1. The van der Waals surface area contributed by atoms with Gasteiger partial charge in [-0.15, -0.1) is 0 Å². The van der Waals surface area contributed by atoms with Crippen LogP contribution in [0.25, 0.3) is 0 Å². The van der Waals surface area contributed by atoms with E-state index in [1.54, 1.807) is 0 Å². The molecule has 98 valence electrons. The molecule has 0 atom stereocenters. The van der Waals surface area contributed by atoms with Crippen molar-refractivity contribution < 1.29 is 4.79 Å². The van der Waals surface area contributed by atoms with Crippen LogP contribution in [0.1, 0.15) is 30.5 Å². The van der Waals surface area contributed by atoms with Crippen LogP contribution in [0.3, 0.4) is 0 Å². The molecule has 0 saturated carbocycles. The average Bonchev–Trinajstić information content (AvgIpc) is 2.29. The maximum absolute atomic E-state index is 12.3. The number of hydrogen-bond donors (Lipinski definition) is 1. The minimum Gasteiger partial charge on any atom is -0.335 e. The molecule has 18 heavy (non-hydrogen) atoms. The second-order valence-electron chi connectivity index (χ2n) is 5.65. The number of amides is 1. The summed E-state index contributed by atoms with van der Waals surface area (Å²) in [5, 5.41) is 3.26. The van der Waals surface area contributed by atoms with Crippen molar-refractivity contribution in [2.75, 3.05) is 13.1 Å². The summed E-state index contributed by atoms with van der Waals surface area (Å²) in [6.45, 7) is 10.5. The van der Waals surface area contributed by atoms with Crippen molar-refractivity contribution in [3.05, 3.63) is 34.9 Å². The lowest BCUT2D eigenvalue weighted by Gasteiger charge is -2.38. The molecule has 0 unspecified atom stereocenters. The van der Waals surface area contributed by atoms with E-state index in [1.807, 2.05) is 18.7 Å². The molecule has 1 saturated heterocycles. The van der Waals surface area contributed by atoms with Gasteiger partial charge in [-0.1, -0.05) is 18.2 Å². The predicted molar refractivity (Wildman–Crippen MR) is 73.4 cm³/mol. The fraction of sp³-hybridized carbons (Fsp3) is 0.533. The number of carbonyl (C=O) groups is 1. The number of rotatable bonds is 2. The van der Waals surface area contributed by atoms with E-state index in [9.17, 15) is 4.79 Å². The van der Waals surface area contributed by atoms with Crippen LogP contribution in [0, 0.1) is 13.8 Å². The van der Waals surface area contributed by atoms with Gasteiger partial charge in [-0.05, 0) is 44.4 Å². The van der Waals surface area contributed by atoms with E-state index in [1.165, 1.54) is 16.7 Å². The fourth-order valence-corrected chi connectivity index (χ4v) is 2.52. The van der Waals surface area contributed by atoms with Gasteiger partial charge in [-0.2, -0.15) is 0 Å². The van der Waals surface area contributed by atoms with Gasteiger partial charge in [-0.25, -0.2) is 0 Å². The van der Waals surface area contributed by atoms with E-state index in [2.05, 4.69) is 37.4 Å². The van der Waals surface area contributed by atoms with E-state index in [4.69, 9.17) is 0 Å². The first-order valence-corrected chi connectivity index (χ1v) is 6.51. The van der Waals surface area contributed by atoms with Gasteiger partial charge >= 0.3 is 0 Å². The Kier molecular flexibility index (Phi) is 3.44. The van der Waals surface area contributed by atoms with Crippen molar-refractivity contribution in [3.8, 4) is 0 Å². The smallest absolute Gasteiger partial charge is 0.242 e. The van der Waals surface area contributed by atoms with Gasteiger partial charge in [0.05, 0.1) is 5.54 Å². The Labute approximate surface area is 109 Å². The topological polar surface area (TPSA) is 32.3 Å². The van der Waals surface area contributed by atoms with Gasteiger partial charge in [0.1, 0.15) is 0 Å². The number of hydrogen-bond acceptors (Lipinski definition) is 2. The summed E-state index contributed by atoms with van der Waals surface area (Å²) in [4.78, 5) is 14.3. The van der Waals surface area contributed by atoms with Crippen molar-refractivity contribution in [1.29, 1.82) is 0 Å². The summed E-state index contributed by atoms with van der Waals surface area (Å²) >= 11 is 0. The third kappa shape index (κ3) is 2.41. The minimum atomic E-state index is -0.436. The molecule has 3 nitrogen and oxygen atoms in total. The molecule has 3 heteroatoms. The first kappa shape index (κ1) is 13.1. The second-order valence-corrected chi connectivity index (χ2v) is 5.65. The summed E-state index contributed by atoms with van der Waals surface area (Å²) in [5.74, 6) is 0.191. The number of piperazine rings is 1. The molecule has 1 N–H and O–H groups in total. The average molecular weight is 246 g/mol. The Morgan fingerprint density at radius 2 is 1.89 bits per heavy atom. The van der Waals surface area contributed by atoms with Gasteiger partial charge in [0, 0.05) is 19.6 Å². The highest BCUT2D eigenvalue weighted by Crippen LogP contribution is 2.19. The third-order valence-electron chi connectivity index (χ3n) is 3.76. The first-order chi connectivity index (χ1) is 8.42. The fourth-order valence-electron chi connectivity index (χ4n) is 2.52. The highest BCUT2D eigenvalue weighted by Gasteiger charge is 2.35. The Balaban J connectivity index is 2.21.